The summed E-state index contributed by atoms with van der Waals surface area (Å²) in [6, 6.07) is 5.04. The lowest BCUT2D eigenvalue weighted by Crippen LogP contribution is -2.47. The van der Waals surface area contributed by atoms with E-state index < -0.39 is 15.8 Å². The number of carbonyl (C=O) groups excluding carboxylic acids is 1. The highest BCUT2D eigenvalue weighted by Crippen LogP contribution is 2.33. The van der Waals surface area contributed by atoms with Crippen molar-refractivity contribution in [3.05, 3.63) is 30.1 Å². The zero-order valence-electron chi connectivity index (χ0n) is 16.8. The van der Waals surface area contributed by atoms with E-state index >= 15 is 0 Å². The first-order chi connectivity index (χ1) is 13.9. The standard InChI is InChI=1S/C21H30FN3O3S/c22-18-5-4-6-20(15-18)29(27,28)24-12-9-19(16-24)25(21(26)17-7-8-17)14-13-23-10-2-1-3-11-23/h4-6,15,17,19H,1-3,7-14,16H2. The number of amides is 1. The fraction of sp³-hybridized carbons (Fsp3) is 0.667. The maximum absolute atomic E-state index is 13.5. The second kappa shape index (κ2) is 8.70. The van der Waals surface area contributed by atoms with Crippen LogP contribution in [0.4, 0.5) is 4.39 Å². The molecule has 1 saturated carbocycles. The SMILES string of the molecule is O=C(C1CC1)N(CCN1CCCCC1)C1CCN(S(=O)(=O)c2cccc(F)c2)C1. The first kappa shape index (κ1) is 20.8. The molecule has 6 nitrogen and oxygen atoms in total. The van der Waals surface area contributed by atoms with Crippen LogP contribution in [0.3, 0.4) is 0 Å². The molecular formula is C21H30FN3O3S. The minimum atomic E-state index is -3.75. The number of carbonyl (C=O) groups is 1. The van der Waals surface area contributed by atoms with E-state index in [9.17, 15) is 17.6 Å². The van der Waals surface area contributed by atoms with Crippen molar-refractivity contribution in [1.29, 1.82) is 0 Å². The molecule has 1 aromatic rings. The molecule has 0 bridgehead atoms. The molecule has 2 saturated heterocycles. The van der Waals surface area contributed by atoms with E-state index in [1.165, 1.54) is 41.8 Å². The molecule has 8 heteroatoms. The third kappa shape index (κ3) is 4.81. The Hall–Kier alpha value is -1.51. The molecule has 1 amide bonds. The number of sulfonamides is 1. The molecule has 0 aromatic heterocycles. The molecule has 4 rings (SSSR count). The molecule has 0 spiro atoms. The van der Waals surface area contributed by atoms with Crippen molar-refractivity contribution in [1.82, 2.24) is 14.1 Å². The first-order valence-corrected chi connectivity index (χ1v) is 12.2. The van der Waals surface area contributed by atoms with Gasteiger partial charge in [-0.15, -0.1) is 0 Å². The molecule has 0 N–H and O–H groups in total. The Bertz CT molecular complexity index is 837. The van der Waals surface area contributed by atoms with Gasteiger partial charge in [0.05, 0.1) is 4.90 Å². The van der Waals surface area contributed by atoms with E-state index in [0.717, 1.165) is 38.5 Å². The third-order valence-electron chi connectivity index (χ3n) is 6.32. The molecule has 3 aliphatic rings. The summed E-state index contributed by atoms with van der Waals surface area (Å²) in [6.07, 6.45) is 6.21. The molecule has 0 radical (unpaired) electrons. The number of likely N-dealkylation sites (tertiary alicyclic amines) is 1. The van der Waals surface area contributed by atoms with Crippen molar-refractivity contribution in [2.75, 3.05) is 39.3 Å². The van der Waals surface area contributed by atoms with Gasteiger partial charge in [0, 0.05) is 38.1 Å². The second-order valence-electron chi connectivity index (χ2n) is 8.47. The smallest absolute Gasteiger partial charge is 0.243 e. The van der Waals surface area contributed by atoms with Crippen molar-refractivity contribution in [3.63, 3.8) is 0 Å². The number of rotatable bonds is 7. The molecular weight excluding hydrogens is 393 g/mol. The zero-order valence-corrected chi connectivity index (χ0v) is 17.6. The summed E-state index contributed by atoms with van der Waals surface area (Å²) in [7, 11) is -3.75. The molecule has 29 heavy (non-hydrogen) atoms. The lowest BCUT2D eigenvalue weighted by atomic mass is 10.1. The molecule has 1 aromatic carbocycles. The monoisotopic (exact) mass is 423 g/mol. The lowest BCUT2D eigenvalue weighted by Gasteiger charge is -2.33. The predicted octanol–water partition coefficient (Wildman–Crippen LogP) is 2.31. The highest BCUT2D eigenvalue weighted by atomic mass is 32.2. The van der Waals surface area contributed by atoms with E-state index in [2.05, 4.69) is 4.90 Å². The minimum absolute atomic E-state index is 0.0217. The van der Waals surface area contributed by atoms with Crippen LogP contribution in [0.1, 0.15) is 38.5 Å². The summed E-state index contributed by atoms with van der Waals surface area (Å²) in [4.78, 5) is 17.3. The van der Waals surface area contributed by atoms with Gasteiger partial charge in [-0.1, -0.05) is 12.5 Å². The third-order valence-corrected chi connectivity index (χ3v) is 8.18. The van der Waals surface area contributed by atoms with Crippen LogP contribution in [-0.4, -0.2) is 73.7 Å². The van der Waals surface area contributed by atoms with Gasteiger partial charge >= 0.3 is 0 Å². The fourth-order valence-corrected chi connectivity index (χ4v) is 5.95. The van der Waals surface area contributed by atoms with E-state index in [-0.39, 0.29) is 29.3 Å². The summed E-state index contributed by atoms with van der Waals surface area (Å²) in [5.74, 6) is -0.267. The fourth-order valence-electron chi connectivity index (χ4n) is 4.43. The molecule has 2 heterocycles. The molecule has 2 aliphatic heterocycles. The van der Waals surface area contributed by atoms with Gasteiger partial charge in [0.2, 0.25) is 15.9 Å². The van der Waals surface area contributed by atoms with E-state index in [0.29, 0.717) is 19.5 Å². The van der Waals surface area contributed by atoms with Crippen LogP contribution < -0.4 is 0 Å². The average Bonchev–Trinajstić information content (AvgIpc) is 3.46. The molecule has 160 valence electrons. The second-order valence-corrected chi connectivity index (χ2v) is 10.4. The molecule has 1 unspecified atom stereocenters. The molecule has 3 fully saturated rings. The largest absolute Gasteiger partial charge is 0.337 e. The Balaban J connectivity index is 1.44. The van der Waals surface area contributed by atoms with Crippen molar-refractivity contribution in [3.8, 4) is 0 Å². The first-order valence-electron chi connectivity index (χ1n) is 10.7. The van der Waals surface area contributed by atoms with Crippen LogP contribution in [0.15, 0.2) is 29.2 Å². The van der Waals surface area contributed by atoms with Crippen LogP contribution in [0.5, 0.6) is 0 Å². The number of nitrogens with zero attached hydrogens (tertiary/aromatic N) is 3. The number of hydrogen-bond acceptors (Lipinski definition) is 4. The summed E-state index contributed by atoms with van der Waals surface area (Å²) in [5.41, 5.74) is 0. The average molecular weight is 424 g/mol. The Labute approximate surface area is 172 Å². The Morgan fingerprint density at radius 2 is 1.86 bits per heavy atom. The normalized spacial score (nSPS) is 24.0. The molecule has 1 atom stereocenters. The van der Waals surface area contributed by atoms with Gasteiger partial charge in [0.15, 0.2) is 0 Å². The topological polar surface area (TPSA) is 60.9 Å². The van der Waals surface area contributed by atoms with Gasteiger partial charge < -0.3 is 9.80 Å². The summed E-state index contributed by atoms with van der Waals surface area (Å²) >= 11 is 0. The number of halogens is 1. The summed E-state index contributed by atoms with van der Waals surface area (Å²) in [6.45, 7) is 4.32. The van der Waals surface area contributed by atoms with Gasteiger partial charge in [0.1, 0.15) is 5.82 Å². The van der Waals surface area contributed by atoms with Crippen LogP contribution in [0.2, 0.25) is 0 Å². The maximum atomic E-state index is 13.5. The highest BCUT2D eigenvalue weighted by molar-refractivity contribution is 7.89. The number of hydrogen-bond donors (Lipinski definition) is 0. The van der Waals surface area contributed by atoms with E-state index in [1.807, 2.05) is 4.90 Å². The highest BCUT2D eigenvalue weighted by Gasteiger charge is 2.41. The Kier molecular flexibility index (Phi) is 6.22. The van der Waals surface area contributed by atoms with Gasteiger partial charge in [-0.05, 0) is 63.4 Å². The van der Waals surface area contributed by atoms with Crippen molar-refractivity contribution in [2.24, 2.45) is 5.92 Å². The van der Waals surface area contributed by atoms with Crippen LogP contribution >= 0.6 is 0 Å². The van der Waals surface area contributed by atoms with E-state index in [1.54, 1.807) is 0 Å². The summed E-state index contributed by atoms with van der Waals surface area (Å²) < 4.78 is 40.8. The predicted molar refractivity (Wildman–Crippen MR) is 108 cm³/mol. The number of benzene rings is 1. The Morgan fingerprint density at radius 3 is 2.55 bits per heavy atom. The van der Waals surface area contributed by atoms with Crippen LogP contribution in [0.25, 0.3) is 0 Å². The van der Waals surface area contributed by atoms with Gasteiger partial charge in [-0.2, -0.15) is 4.31 Å². The maximum Gasteiger partial charge on any atom is 0.243 e. The van der Waals surface area contributed by atoms with Crippen molar-refractivity contribution in [2.45, 2.75) is 49.5 Å². The zero-order chi connectivity index (χ0) is 20.4. The van der Waals surface area contributed by atoms with Gasteiger partial charge in [-0.25, -0.2) is 12.8 Å². The quantitative estimate of drug-likeness (QED) is 0.675. The van der Waals surface area contributed by atoms with E-state index in [4.69, 9.17) is 0 Å². The summed E-state index contributed by atoms with van der Waals surface area (Å²) in [5, 5.41) is 0. The number of piperidine rings is 1. The Morgan fingerprint density at radius 1 is 1.10 bits per heavy atom. The van der Waals surface area contributed by atoms with Crippen molar-refractivity contribution < 1.29 is 17.6 Å². The van der Waals surface area contributed by atoms with Gasteiger partial charge in [0.25, 0.3) is 0 Å². The lowest BCUT2D eigenvalue weighted by molar-refractivity contribution is -0.134. The van der Waals surface area contributed by atoms with Crippen LogP contribution in [0, 0.1) is 11.7 Å². The van der Waals surface area contributed by atoms with Crippen LogP contribution in [-0.2, 0) is 14.8 Å². The molecule has 1 aliphatic carbocycles. The van der Waals surface area contributed by atoms with Gasteiger partial charge in [-0.3, -0.25) is 4.79 Å². The minimum Gasteiger partial charge on any atom is -0.337 e. The van der Waals surface area contributed by atoms with Crippen molar-refractivity contribution >= 4 is 15.9 Å².